The zero-order valence-corrected chi connectivity index (χ0v) is 11.9. The van der Waals surface area contributed by atoms with Crippen LogP contribution in [-0.2, 0) is 4.79 Å². The fourth-order valence-electron chi connectivity index (χ4n) is 0.958. The summed E-state index contributed by atoms with van der Waals surface area (Å²) in [5.41, 5.74) is 0.463. The van der Waals surface area contributed by atoms with E-state index in [9.17, 15) is 9.59 Å². The lowest BCUT2D eigenvalue weighted by Crippen LogP contribution is -2.38. The fraction of sp³-hybridized carbons (Fsp3) is 0.200. The number of rotatable bonds is 2. The molecule has 0 aliphatic heterocycles. The van der Waals surface area contributed by atoms with Crippen molar-refractivity contribution in [3.8, 4) is 0 Å². The molecule has 0 aliphatic carbocycles. The van der Waals surface area contributed by atoms with Crippen LogP contribution in [0.5, 0.6) is 0 Å². The molecule has 0 aromatic heterocycles. The van der Waals surface area contributed by atoms with Gasteiger partial charge in [-0.15, -0.1) is 11.6 Å². The average Bonchev–Trinajstić information content (AvgIpc) is 2.23. The van der Waals surface area contributed by atoms with Gasteiger partial charge in [-0.1, -0.05) is 11.6 Å². The van der Waals surface area contributed by atoms with E-state index in [2.05, 4.69) is 26.6 Å². The molecule has 1 atom stereocenters. The van der Waals surface area contributed by atoms with Gasteiger partial charge in [0, 0.05) is 9.50 Å². The molecular formula is C10H9BrCl2N2O2. The molecule has 1 aromatic rings. The van der Waals surface area contributed by atoms with Gasteiger partial charge in [-0.25, -0.2) is 4.79 Å². The van der Waals surface area contributed by atoms with Crippen molar-refractivity contribution in [2.75, 3.05) is 5.32 Å². The second-order valence-corrected chi connectivity index (χ2v) is 5.13. The molecule has 1 rings (SSSR count). The number of carbonyl (C=O) groups is 2. The maximum atomic E-state index is 11.4. The molecule has 1 unspecified atom stereocenters. The van der Waals surface area contributed by atoms with Crippen LogP contribution < -0.4 is 10.6 Å². The quantitative estimate of drug-likeness (QED) is 0.811. The third kappa shape index (κ3) is 4.53. The van der Waals surface area contributed by atoms with Crippen molar-refractivity contribution in [3.05, 3.63) is 27.7 Å². The third-order valence-corrected chi connectivity index (χ3v) is 2.90. The molecule has 0 bridgehead atoms. The first-order chi connectivity index (χ1) is 7.90. The molecule has 0 saturated heterocycles. The van der Waals surface area contributed by atoms with Crippen LogP contribution in [0.15, 0.2) is 22.7 Å². The van der Waals surface area contributed by atoms with Gasteiger partial charge >= 0.3 is 6.03 Å². The Morgan fingerprint density at radius 2 is 2.06 bits per heavy atom. The van der Waals surface area contributed by atoms with Crippen molar-refractivity contribution in [3.63, 3.8) is 0 Å². The lowest BCUT2D eigenvalue weighted by molar-refractivity contribution is -0.119. The molecule has 0 saturated carbocycles. The first-order valence-corrected chi connectivity index (χ1v) is 6.22. The van der Waals surface area contributed by atoms with Crippen molar-refractivity contribution in [1.82, 2.24) is 5.32 Å². The summed E-state index contributed by atoms with van der Waals surface area (Å²) in [7, 11) is 0. The van der Waals surface area contributed by atoms with E-state index in [1.165, 1.54) is 6.92 Å². The Balaban J connectivity index is 2.68. The van der Waals surface area contributed by atoms with Crippen molar-refractivity contribution < 1.29 is 9.59 Å². The van der Waals surface area contributed by atoms with E-state index in [0.717, 1.165) is 0 Å². The van der Waals surface area contributed by atoms with Crippen LogP contribution in [0.4, 0.5) is 10.5 Å². The SMILES string of the molecule is CC(Cl)C(=O)NC(=O)Nc1cc(Cl)ccc1Br. The van der Waals surface area contributed by atoms with Crippen LogP contribution in [0.3, 0.4) is 0 Å². The monoisotopic (exact) mass is 338 g/mol. The maximum absolute atomic E-state index is 11.4. The van der Waals surface area contributed by atoms with Crippen LogP contribution in [0.2, 0.25) is 5.02 Å². The van der Waals surface area contributed by atoms with E-state index < -0.39 is 17.3 Å². The van der Waals surface area contributed by atoms with Crippen molar-refractivity contribution in [1.29, 1.82) is 0 Å². The molecule has 17 heavy (non-hydrogen) atoms. The van der Waals surface area contributed by atoms with E-state index in [4.69, 9.17) is 23.2 Å². The standard InChI is InChI=1S/C10H9BrCl2N2O2/c1-5(12)9(16)15-10(17)14-8-4-6(13)2-3-7(8)11/h2-5H,1H3,(H2,14,15,16,17). The molecule has 92 valence electrons. The van der Waals surface area contributed by atoms with Gasteiger partial charge in [-0.05, 0) is 41.1 Å². The van der Waals surface area contributed by atoms with Crippen LogP contribution in [0.25, 0.3) is 0 Å². The summed E-state index contributed by atoms with van der Waals surface area (Å²) in [5.74, 6) is -0.567. The van der Waals surface area contributed by atoms with Gasteiger partial charge in [-0.2, -0.15) is 0 Å². The number of amides is 3. The second kappa shape index (κ2) is 6.23. The Bertz CT molecular complexity index is 452. The Morgan fingerprint density at radius 3 is 2.65 bits per heavy atom. The van der Waals surface area contributed by atoms with Crippen molar-refractivity contribution >= 4 is 56.8 Å². The number of alkyl halides is 1. The first kappa shape index (κ1) is 14.3. The van der Waals surface area contributed by atoms with E-state index in [0.29, 0.717) is 15.2 Å². The van der Waals surface area contributed by atoms with Gasteiger partial charge in [0.25, 0.3) is 0 Å². The number of hydrogen-bond donors (Lipinski definition) is 2. The summed E-state index contributed by atoms with van der Waals surface area (Å²) in [6.07, 6.45) is 0. The lowest BCUT2D eigenvalue weighted by atomic mass is 10.3. The number of nitrogens with one attached hydrogen (secondary N) is 2. The van der Waals surface area contributed by atoms with Gasteiger partial charge < -0.3 is 5.32 Å². The van der Waals surface area contributed by atoms with Gasteiger partial charge in [0.05, 0.1) is 5.69 Å². The minimum Gasteiger partial charge on any atom is -0.306 e. The zero-order valence-electron chi connectivity index (χ0n) is 8.76. The lowest BCUT2D eigenvalue weighted by Gasteiger charge is -2.09. The minimum atomic E-state index is -0.774. The highest BCUT2D eigenvalue weighted by molar-refractivity contribution is 9.10. The number of hydrogen-bond acceptors (Lipinski definition) is 2. The topological polar surface area (TPSA) is 58.2 Å². The Hall–Kier alpha value is -0.780. The van der Waals surface area contributed by atoms with E-state index in [1.54, 1.807) is 18.2 Å². The molecule has 2 N–H and O–H groups in total. The number of carbonyl (C=O) groups excluding carboxylic acids is 2. The maximum Gasteiger partial charge on any atom is 0.325 e. The smallest absolute Gasteiger partial charge is 0.306 e. The predicted molar refractivity (Wildman–Crippen MR) is 71.6 cm³/mol. The number of anilines is 1. The number of benzene rings is 1. The van der Waals surface area contributed by atoms with Crippen LogP contribution >= 0.6 is 39.1 Å². The van der Waals surface area contributed by atoms with Gasteiger partial charge in [0.15, 0.2) is 0 Å². The highest BCUT2D eigenvalue weighted by atomic mass is 79.9. The van der Waals surface area contributed by atoms with Crippen LogP contribution in [-0.4, -0.2) is 17.3 Å². The number of imide groups is 1. The molecule has 0 spiro atoms. The molecule has 1 aromatic carbocycles. The molecule has 4 nitrogen and oxygen atoms in total. The zero-order chi connectivity index (χ0) is 13.0. The van der Waals surface area contributed by atoms with Gasteiger partial charge in [-0.3, -0.25) is 10.1 Å². The van der Waals surface area contributed by atoms with Gasteiger partial charge in [0.1, 0.15) is 5.38 Å². The average molecular weight is 340 g/mol. The Morgan fingerprint density at radius 1 is 1.41 bits per heavy atom. The summed E-state index contributed by atoms with van der Waals surface area (Å²) in [4.78, 5) is 22.6. The Kier molecular flexibility index (Phi) is 5.24. The predicted octanol–water partition coefficient (Wildman–Crippen LogP) is 3.38. The van der Waals surface area contributed by atoms with Crippen LogP contribution in [0.1, 0.15) is 6.92 Å². The Labute approximate surface area is 117 Å². The van der Waals surface area contributed by atoms with E-state index in [1.807, 2.05) is 0 Å². The fourth-order valence-corrected chi connectivity index (χ4v) is 1.53. The largest absolute Gasteiger partial charge is 0.325 e. The van der Waals surface area contributed by atoms with Crippen LogP contribution in [0, 0.1) is 0 Å². The summed E-state index contributed by atoms with van der Waals surface area (Å²) in [6.45, 7) is 1.47. The van der Waals surface area contributed by atoms with Crippen molar-refractivity contribution in [2.45, 2.75) is 12.3 Å². The normalized spacial score (nSPS) is 11.8. The summed E-state index contributed by atoms with van der Waals surface area (Å²) in [5, 5.41) is 4.26. The molecule has 7 heteroatoms. The second-order valence-electron chi connectivity index (χ2n) is 3.18. The molecule has 0 heterocycles. The highest BCUT2D eigenvalue weighted by Gasteiger charge is 2.13. The molecule has 3 amide bonds. The van der Waals surface area contributed by atoms with E-state index >= 15 is 0 Å². The van der Waals surface area contributed by atoms with Crippen molar-refractivity contribution in [2.24, 2.45) is 0 Å². The molecule has 0 aliphatic rings. The summed E-state index contributed by atoms with van der Waals surface area (Å²) >= 11 is 14.5. The first-order valence-electron chi connectivity index (χ1n) is 4.61. The number of urea groups is 1. The third-order valence-electron chi connectivity index (χ3n) is 1.77. The van der Waals surface area contributed by atoms with E-state index in [-0.39, 0.29) is 0 Å². The summed E-state index contributed by atoms with van der Waals surface area (Å²) < 4.78 is 0.656. The minimum absolute atomic E-state index is 0.463. The molecular weight excluding hydrogens is 331 g/mol. The highest BCUT2D eigenvalue weighted by Crippen LogP contribution is 2.25. The summed E-state index contributed by atoms with van der Waals surface area (Å²) in [6, 6.07) is 4.25. The number of halogens is 3. The molecule has 0 radical (unpaired) electrons. The van der Waals surface area contributed by atoms with Gasteiger partial charge in [0.2, 0.25) is 5.91 Å². The molecule has 0 fully saturated rings.